The van der Waals surface area contributed by atoms with Gasteiger partial charge in [0.2, 0.25) is 0 Å². The first kappa shape index (κ1) is 12.1. The first-order valence-corrected chi connectivity index (χ1v) is 6.43. The van der Waals surface area contributed by atoms with Crippen LogP contribution in [0.4, 0.5) is 0 Å². The van der Waals surface area contributed by atoms with Crippen molar-refractivity contribution in [1.82, 2.24) is 4.98 Å². The van der Waals surface area contributed by atoms with Gasteiger partial charge < -0.3 is 10.5 Å². The summed E-state index contributed by atoms with van der Waals surface area (Å²) in [5.41, 5.74) is 9.27. The van der Waals surface area contributed by atoms with Gasteiger partial charge >= 0.3 is 0 Å². The maximum Gasteiger partial charge on any atom is 0.128 e. The van der Waals surface area contributed by atoms with Crippen molar-refractivity contribution >= 4 is 11.3 Å². The summed E-state index contributed by atoms with van der Waals surface area (Å²) in [5, 5.41) is 0. The van der Waals surface area contributed by atoms with Crippen LogP contribution in [0.2, 0.25) is 0 Å². The third-order valence-corrected chi connectivity index (χ3v) is 3.75. The maximum absolute atomic E-state index is 5.43. The largest absolute Gasteiger partial charge is 0.496 e. The Morgan fingerprint density at radius 1 is 1.41 bits per heavy atom. The van der Waals surface area contributed by atoms with Gasteiger partial charge in [-0.3, -0.25) is 0 Å². The number of aryl methyl sites for hydroxylation is 1. The molecule has 1 aromatic carbocycles. The van der Waals surface area contributed by atoms with E-state index >= 15 is 0 Å². The summed E-state index contributed by atoms with van der Waals surface area (Å²) in [7, 11) is 1.70. The molecule has 90 valence electrons. The van der Waals surface area contributed by atoms with E-state index in [1.165, 1.54) is 4.88 Å². The summed E-state index contributed by atoms with van der Waals surface area (Å²) in [6.07, 6.45) is 0. The standard InChI is InChI=1S/C13H16N2OS/c1-8(14)11-5-4-10(6-12(11)16-3)13-9(2)15-7-17-13/h4-8H,14H2,1-3H3/p+1. The van der Waals surface area contributed by atoms with Crippen molar-refractivity contribution in [3.63, 3.8) is 0 Å². The Morgan fingerprint density at radius 2 is 2.18 bits per heavy atom. The molecule has 0 saturated heterocycles. The normalized spacial score (nSPS) is 12.5. The van der Waals surface area contributed by atoms with Crippen LogP contribution in [0.3, 0.4) is 0 Å². The molecule has 4 heteroatoms. The highest BCUT2D eigenvalue weighted by Crippen LogP contribution is 2.33. The van der Waals surface area contributed by atoms with Crippen LogP contribution in [0.25, 0.3) is 10.4 Å². The van der Waals surface area contributed by atoms with Gasteiger partial charge in [0.25, 0.3) is 0 Å². The molecule has 0 amide bonds. The van der Waals surface area contributed by atoms with Crippen molar-refractivity contribution in [1.29, 1.82) is 0 Å². The van der Waals surface area contributed by atoms with E-state index < -0.39 is 0 Å². The number of hydrogen-bond donors (Lipinski definition) is 1. The second-order valence-corrected chi connectivity index (χ2v) is 4.98. The van der Waals surface area contributed by atoms with Crippen LogP contribution < -0.4 is 10.5 Å². The predicted molar refractivity (Wildman–Crippen MR) is 70.1 cm³/mol. The van der Waals surface area contributed by atoms with Gasteiger partial charge in [0.15, 0.2) is 0 Å². The van der Waals surface area contributed by atoms with E-state index in [0.29, 0.717) is 0 Å². The van der Waals surface area contributed by atoms with Crippen LogP contribution in [0.5, 0.6) is 5.75 Å². The zero-order valence-electron chi connectivity index (χ0n) is 10.4. The molecule has 1 atom stereocenters. The fraction of sp³-hybridized carbons (Fsp3) is 0.308. The lowest BCUT2D eigenvalue weighted by atomic mass is 10.0. The molecule has 3 nitrogen and oxygen atoms in total. The minimum atomic E-state index is 0.224. The van der Waals surface area contributed by atoms with Crippen molar-refractivity contribution < 1.29 is 10.5 Å². The zero-order valence-corrected chi connectivity index (χ0v) is 11.2. The molecule has 1 heterocycles. The molecule has 0 spiro atoms. The summed E-state index contributed by atoms with van der Waals surface area (Å²) >= 11 is 1.65. The van der Waals surface area contributed by atoms with Crippen LogP contribution in [0, 0.1) is 6.92 Å². The van der Waals surface area contributed by atoms with Gasteiger partial charge in [-0.2, -0.15) is 0 Å². The third kappa shape index (κ3) is 2.33. The minimum Gasteiger partial charge on any atom is -0.496 e. The monoisotopic (exact) mass is 249 g/mol. The summed E-state index contributed by atoms with van der Waals surface area (Å²) in [6.45, 7) is 4.09. The molecule has 0 aliphatic carbocycles. The van der Waals surface area contributed by atoms with E-state index in [2.05, 4.69) is 35.8 Å². The number of aromatic nitrogens is 1. The number of quaternary nitrogens is 1. The van der Waals surface area contributed by atoms with E-state index in [1.54, 1.807) is 18.4 Å². The number of hydrogen-bond acceptors (Lipinski definition) is 3. The number of thiazole rings is 1. The smallest absolute Gasteiger partial charge is 0.128 e. The fourth-order valence-corrected chi connectivity index (χ4v) is 2.64. The summed E-state index contributed by atoms with van der Waals surface area (Å²) in [5.74, 6) is 0.901. The lowest BCUT2D eigenvalue weighted by molar-refractivity contribution is -0.420. The summed E-state index contributed by atoms with van der Waals surface area (Å²) in [4.78, 5) is 5.47. The molecule has 0 bridgehead atoms. The van der Waals surface area contributed by atoms with E-state index in [-0.39, 0.29) is 6.04 Å². The van der Waals surface area contributed by atoms with Crippen LogP contribution in [-0.2, 0) is 0 Å². The quantitative estimate of drug-likeness (QED) is 0.908. The van der Waals surface area contributed by atoms with Crippen LogP contribution in [0.1, 0.15) is 24.2 Å². The Balaban J connectivity index is 2.49. The first-order valence-electron chi connectivity index (χ1n) is 5.55. The highest BCUT2D eigenvalue weighted by Gasteiger charge is 2.13. The molecule has 0 aliphatic rings. The van der Waals surface area contributed by atoms with Gasteiger partial charge in [0.05, 0.1) is 28.8 Å². The van der Waals surface area contributed by atoms with Gasteiger partial charge in [0.1, 0.15) is 11.8 Å². The number of methoxy groups -OCH3 is 1. The lowest BCUT2D eigenvalue weighted by Gasteiger charge is -2.11. The average molecular weight is 249 g/mol. The van der Waals surface area contributed by atoms with Crippen LogP contribution >= 0.6 is 11.3 Å². The fourth-order valence-electron chi connectivity index (χ4n) is 1.84. The van der Waals surface area contributed by atoms with Gasteiger partial charge in [-0.25, -0.2) is 4.98 Å². The molecule has 0 aliphatic heterocycles. The summed E-state index contributed by atoms with van der Waals surface area (Å²) < 4.78 is 5.43. The number of nitrogens with zero attached hydrogens (tertiary/aromatic N) is 1. The van der Waals surface area contributed by atoms with Crippen molar-refractivity contribution in [3.8, 4) is 16.2 Å². The summed E-state index contributed by atoms with van der Waals surface area (Å²) in [6, 6.07) is 6.49. The average Bonchev–Trinajstić information content (AvgIpc) is 2.74. The predicted octanol–water partition coefficient (Wildman–Crippen LogP) is 2.43. The molecular formula is C13H17N2OS+. The highest BCUT2D eigenvalue weighted by molar-refractivity contribution is 7.13. The maximum atomic E-state index is 5.43. The van der Waals surface area contributed by atoms with Crippen molar-refractivity contribution in [2.45, 2.75) is 19.9 Å². The Bertz CT molecular complexity index is 520. The van der Waals surface area contributed by atoms with Crippen LogP contribution in [-0.4, -0.2) is 12.1 Å². The minimum absolute atomic E-state index is 0.224. The van der Waals surface area contributed by atoms with Crippen molar-refractivity contribution in [3.05, 3.63) is 35.0 Å². The SMILES string of the molecule is COc1cc(-c2scnc2C)ccc1C(C)[NH3+]. The van der Waals surface area contributed by atoms with Gasteiger partial charge in [-0.15, -0.1) is 11.3 Å². The first-order chi connectivity index (χ1) is 8.13. The van der Waals surface area contributed by atoms with Crippen molar-refractivity contribution in [2.24, 2.45) is 0 Å². The number of rotatable bonds is 3. The molecule has 1 aromatic heterocycles. The Labute approximate surface area is 105 Å². The number of ether oxygens (including phenoxy) is 1. The molecule has 0 fully saturated rings. The van der Waals surface area contributed by atoms with Gasteiger partial charge in [-0.1, -0.05) is 6.07 Å². The van der Waals surface area contributed by atoms with Gasteiger partial charge in [-0.05, 0) is 31.5 Å². The zero-order chi connectivity index (χ0) is 12.4. The third-order valence-electron chi connectivity index (χ3n) is 2.77. The Hall–Kier alpha value is -1.39. The second-order valence-electron chi connectivity index (χ2n) is 4.12. The Morgan fingerprint density at radius 3 is 2.71 bits per heavy atom. The molecule has 2 aromatic rings. The van der Waals surface area contributed by atoms with Gasteiger partial charge in [0, 0.05) is 0 Å². The van der Waals surface area contributed by atoms with Crippen molar-refractivity contribution in [2.75, 3.05) is 7.11 Å². The van der Waals surface area contributed by atoms with E-state index in [1.807, 2.05) is 12.4 Å². The van der Waals surface area contributed by atoms with Crippen LogP contribution in [0.15, 0.2) is 23.7 Å². The molecule has 0 saturated carbocycles. The molecule has 0 radical (unpaired) electrons. The molecule has 3 N–H and O–H groups in total. The van der Waals surface area contributed by atoms with E-state index in [4.69, 9.17) is 4.74 Å². The molecule has 2 rings (SSSR count). The second kappa shape index (κ2) is 4.85. The topological polar surface area (TPSA) is 49.8 Å². The highest BCUT2D eigenvalue weighted by atomic mass is 32.1. The van der Waals surface area contributed by atoms with E-state index in [9.17, 15) is 0 Å². The molecule has 1 unspecified atom stereocenters. The lowest BCUT2D eigenvalue weighted by Crippen LogP contribution is -2.51. The molecule has 17 heavy (non-hydrogen) atoms. The van der Waals surface area contributed by atoms with E-state index in [0.717, 1.165) is 22.6 Å². The Kier molecular flexibility index (Phi) is 3.45. The number of benzene rings is 1. The molecular weight excluding hydrogens is 232 g/mol.